The third kappa shape index (κ3) is 3.43. The fourth-order valence-electron chi connectivity index (χ4n) is 5.51. The van der Waals surface area contributed by atoms with Gasteiger partial charge < -0.3 is 14.6 Å². The summed E-state index contributed by atoms with van der Waals surface area (Å²) >= 11 is 0. The maximum Gasteiger partial charge on any atom is 0.242 e. The zero-order valence-electron chi connectivity index (χ0n) is 20.3. The molecule has 1 unspecified atom stereocenters. The van der Waals surface area contributed by atoms with E-state index in [-0.39, 0.29) is 24.3 Å². The molecular weight excluding hydrogens is 461 g/mol. The number of nitrogens with one attached hydrogen (secondary N) is 1. The summed E-state index contributed by atoms with van der Waals surface area (Å²) in [5.41, 5.74) is 2.14. The second kappa shape index (κ2) is 8.34. The van der Waals surface area contributed by atoms with Gasteiger partial charge in [-0.05, 0) is 52.1 Å². The van der Waals surface area contributed by atoms with Crippen LogP contribution in [0.3, 0.4) is 0 Å². The van der Waals surface area contributed by atoms with E-state index in [2.05, 4.69) is 20.4 Å². The van der Waals surface area contributed by atoms with E-state index in [4.69, 9.17) is 14.4 Å². The van der Waals surface area contributed by atoms with Crippen LogP contribution in [0.4, 0.5) is 16.0 Å². The fraction of sp³-hybridized carbons (Fsp3) is 0.346. The minimum absolute atomic E-state index is 0.0206. The van der Waals surface area contributed by atoms with Gasteiger partial charge in [0.25, 0.3) is 0 Å². The van der Waals surface area contributed by atoms with Crippen molar-refractivity contribution in [2.24, 2.45) is 0 Å². The van der Waals surface area contributed by atoms with E-state index in [1.165, 1.54) is 0 Å². The highest BCUT2D eigenvalue weighted by Crippen LogP contribution is 2.44. The monoisotopic (exact) mass is 487 g/mol. The van der Waals surface area contributed by atoms with Crippen molar-refractivity contribution in [3.8, 4) is 0 Å². The number of rotatable bonds is 4. The van der Waals surface area contributed by atoms with Crippen molar-refractivity contribution in [1.82, 2.24) is 25.1 Å². The lowest BCUT2D eigenvalue weighted by atomic mass is 9.76. The van der Waals surface area contributed by atoms with Gasteiger partial charge in [-0.1, -0.05) is 12.1 Å². The van der Waals surface area contributed by atoms with Crippen LogP contribution in [0.15, 0.2) is 47.2 Å². The Morgan fingerprint density at radius 1 is 1.22 bits per heavy atom. The number of anilines is 2. The number of hydrogen-bond donors (Lipinski definition) is 1. The van der Waals surface area contributed by atoms with Gasteiger partial charge in [-0.25, -0.2) is 14.4 Å². The number of benzene rings is 1. The summed E-state index contributed by atoms with van der Waals surface area (Å²) in [5, 5.41) is 12.2. The zero-order chi connectivity index (χ0) is 25.0. The molecule has 36 heavy (non-hydrogen) atoms. The second-order valence-corrected chi connectivity index (χ2v) is 9.66. The van der Waals surface area contributed by atoms with Crippen LogP contribution in [-0.4, -0.2) is 51.1 Å². The molecule has 6 rings (SSSR count). The number of likely N-dealkylation sites (N-methyl/N-ethyl adjacent to an activating group) is 1. The molecule has 1 N–H and O–H groups in total. The second-order valence-electron chi connectivity index (χ2n) is 9.66. The van der Waals surface area contributed by atoms with Gasteiger partial charge in [-0.3, -0.25) is 9.69 Å². The van der Waals surface area contributed by atoms with Crippen molar-refractivity contribution in [1.29, 1.82) is 0 Å². The largest absolute Gasteiger partial charge is 0.461 e. The van der Waals surface area contributed by atoms with E-state index in [9.17, 15) is 9.18 Å². The van der Waals surface area contributed by atoms with E-state index in [1.807, 2.05) is 33.0 Å². The highest BCUT2D eigenvalue weighted by molar-refractivity contribution is 6.03. The van der Waals surface area contributed by atoms with Crippen LogP contribution in [0.25, 0.3) is 11.0 Å². The number of carbonyl (C=O) groups is 1. The summed E-state index contributed by atoms with van der Waals surface area (Å²) in [7, 11) is 2.02. The first-order chi connectivity index (χ1) is 17.4. The number of nitrogens with zero attached hydrogens (tertiary/aromatic N) is 6. The molecule has 0 aliphatic carbocycles. The first-order valence-corrected chi connectivity index (χ1v) is 12.0. The molecule has 0 radical (unpaired) electrons. The van der Waals surface area contributed by atoms with Crippen molar-refractivity contribution in [3.05, 3.63) is 71.3 Å². The predicted octanol–water partition coefficient (Wildman–Crippen LogP) is 3.75. The number of furan rings is 1. The van der Waals surface area contributed by atoms with Gasteiger partial charge in [0.2, 0.25) is 5.91 Å². The molecule has 2 aliphatic heterocycles. The summed E-state index contributed by atoms with van der Waals surface area (Å²) in [5.74, 6) is 1.31. The maximum absolute atomic E-state index is 14.1. The number of likely N-dealkylation sites (tertiary alicyclic amines) is 1. The average Bonchev–Trinajstić information content (AvgIpc) is 3.46. The van der Waals surface area contributed by atoms with Crippen molar-refractivity contribution in [2.75, 3.05) is 30.4 Å². The van der Waals surface area contributed by atoms with Crippen LogP contribution in [0.1, 0.15) is 42.0 Å². The molecule has 1 spiro atoms. The summed E-state index contributed by atoms with van der Waals surface area (Å²) in [6.45, 7) is 5.43. The number of hydrogen-bond acceptors (Lipinski definition) is 8. The SMILES string of the molecule is Cc1nc(N[C@H](C)c2cccc3c(F)coc23)c2c(n1)C1(CCN(C)C1)C(=O)N(c1cccnn1)C2. The normalized spacial score (nSPS) is 20.8. The van der Waals surface area contributed by atoms with E-state index in [0.717, 1.165) is 29.6 Å². The number of amides is 1. The highest BCUT2D eigenvalue weighted by Gasteiger charge is 2.53. The molecule has 0 bridgehead atoms. The number of para-hydroxylation sites is 1. The summed E-state index contributed by atoms with van der Waals surface area (Å²) in [6, 6.07) is 8.74. The van der Waals surface area contributed by atoms with Gasteiger partial charge in [0.1, 0.15) is 28.9 Å². The van der Waals surface area contributed by atoms with Crippen molar-refractivity contribution >= 4 is 28.5 Å². The Hall–Kier alpha value is -3.92. The Kier molecular flexibility index (Phi) is 5.22. The molecule has 2 atom stereocenters. The third-order valence-corrected chi connectivity index (χ3v) is 7.24. The molecule has 5 heterocycles. The molecule has 1 saturated heterocycles. The Morgan fingerprint density at radius 2 is 2.08 bits per heavy atom. The smallest absolute Gasteiger partial charge is 0.242 e. The van der Waals surface area contributed by atoms with Gasteiger partial charge in [0.05, 0.1) is 23.7 Å². The summed E-state index contributed by atoms with van der Waals surface area (Å²) in [4.78, 5) is 27.4. The summed E-state index contributed by atoms with van der Waals surface area (Å²) < 4.78 is 19.7. The molecule has 10 heteroatoms. The fourth-order valence-corrected chi connectivity index (χ4v) is 5.51. The molecule has 184 valence electrons. The number of aromatic nitrogens is 4. The lowest BCUT2D eigenvalue weighted by molar-refractivity contribution is -0.124. The first-order valence-electron chi connectivity index (χ1n) is 12.0. The van der Waals surface area contributed by atoms with Gasteiger partial charge in [-0.15, -0.1) is 5.10 Å². The van der Waals surface area contributed by atoms with Crippen molar-refractivity contribution < 1.29 is 13.6 Å². The van der Waals surface area contributed by atoms with Crippen LogP contribution in [0.2, 0.25) is 0 Å². The van der Waals surface area contributed by atoms with Crippen LogP contribution >= 0.6 is 0 Å². The molecule has 1 fully saturated rings. The highest BCUT2D eigenvalue weighted by atomic mass is 19.1. The number of fused-ring (bicyclic) bond motifs is 3. The Labute approximate surface area is 207 Å². The zero-order valence-corrected chi connectivity index (χ0v) is 20.3. The van der Waals surface area contributed by atoms with Crippen LogP contribution in [-0.2, 0) is 16.8 Å². The van der Waals surface area contributed by atoms with E-state index in [0.29, 0.717) is 41.4 Å². The number of carbonyl (C=O) groups excluding carboxylic acids is 1. The lowest BCUT2D eigenvalue weighted by Crippen LogP contribution is -2.53. The molecule has 2 aliphatic rings. The number of halogens is 1. The first kappa shape index (κ1) is 22.5. The number of aryl methyl sites for hydroxylation is 1. The lowest BCUT2D eigenvalue weighted by Gasteiger charge is -2.40. The van der Waals surface area contributed by atoms with Crippen molar-refractivity contribution in [2.45, 2.75) is 38.3 Å². The molecule has 1 aromatic carbocycles. The Morgan fingerprint density at radius 3 is 2.83 bits per heavy atom. The standard InChI is InChI=1S/C26H26FN7O2/c1-15(17-6-4-7-18-20(27)13-36-22(17)18)29-24-19-12-34(21-8-5-10-28-32-21)25(35)26(9-11-33(3)14-26)23(19)30-16(2)31-24/h4-8,10,13,15H,9,11-12,14H2,1-3H3,(H,29,30,31)/t15-,26?/m1/s1. The van der Waals surface area contributed by atoms with E-state index in [1.54, 1.807) is 29.3 Å². The third-order valence-electron chi connectivity index (χ3n) is 7.24. The molecule has 4 aromatic rings. The van der Waals surface area contributed by atoms with Crippen molar-refractivity contribution in [3.63, 3.8) is 0 Å². The predicted molar refractivity (Wildman–Crippen MR) is 132 cm³/mol. The molecule has 0 saturated carbocycles. The van der Waals surface area contributed by atoms with Gasteiger partial charge >= 0.3 is 0 Å². The van der Waals surface area contributed by atoms with Gasteiger partial charge in [0, 0.05) is 23.9 Å². The Balaban J connectivity index is 1.47. The van der Waals surface area contributed by atoms with E-state index < -0.39 is 5.41 Å². The molecule has 1 amide bonds. The van der Waals surface area contributed by atoms with Gasteiger partial charge in [-0.2, -0.15) is 5.10 Å². The minimum atomic E-state index is -0.794. The Bertz CT molecular complexity index is 1470. The molecular formula is C26H26FN7O2. The van der Waals surface area contributed by atoms with Crippen LogP contribution in [0, 0.1) is 12.7 Å². The molecule has 3 aromatic heterocycles. The van der Waals surface area contributed by atoms with Crippen LogP contribution < -0.4 is 10.2 Å². The maximum atomic E-state index is 14.1. The van der Waals surface area contributed by atoms with Gasteiger partial charge in [0.15, 0.2) is 11.6 Å². The minimum Gasteiger partial charge on any atom is -0.461 e. The average molecular weight is 488 g/mol. The summed E-state index contributed by atoms with van der Waals surface area (Å²) in [6.07, 6.45) is 3.37. The molecule has 9 nitrogen and oxygen atoms in total. The quantitative estimate of drug-likeness (QED) is 0.465. The topological polar surface area (TPSA) is 100 Å². The van der Waals surface area contributed by atoms with E-state index >= 15 is 0 Å². The van der Waals surface area contributed by atoms with Crippen LogP contribution in [0.5, 0.6) is 0 Å².